The maximum absolute atomic E-state index is 12.6. The molecule has 0 bridgehead atoms. The van der Waals surface area contributed by atoms with E-state index in [1.807, 2.05) is 18.2 Å². The van der Waals surface area contributed by atoms with Crippen LogP contribution in [0.25, 0.3) is 0 Å². The zero-order valence-corrected chi connectivity index (χ0v) is 13.8. The van der Waals surface area contributed by atoms with Gasteiger partial charge >= 0.3 is 0 Å². The van der Waals surface area contributed by atoms with Crippen LogP contribution < -0.4 is 14.8 Å². The highest BCUT2D eigenvalue weighted by Gasteiger charge is 2.43. The minimum Gasteiger partial charge on any atom is -0.448 e. The van der Waals surface area contributed by atoms with E-state index in [4.69, 9.17) is 9.47 Å². The molecule has 0 aromatic heterocycles. The van der Waals surface area contributed by atoms with Gasteiger partial charge in [-0.15, -0.1) is 0 Å². The summed E-state index contributed by atoms with van der Waals surface area (Å²) in [6.45, 7) is 0. The zero-order valence-electron chi connectivity index (χ0n) is 13.8. The molecule has 2 aliphatic carbocycles. The van der Waals surface area contributed by atoms with E-state index < -0.39 is 11.2 Å². The fraction of sp³-hybridized carbons (Fsp3) is 0.579. The molecule has 1 N–H and O–H groups in total. The van der Waals surface area contributed by atoms with Crippen LogP contribution in [-0.4, -0.2) is 11.7 Å². The number of nitrogens with one attached hydrogen (secondary N) is 1. The summed E-state index contributed by atoms with van der Waals surface area (Å²) in [7, 11) is 0. The Labute approximate surface area is 141 Å². The van der Waals surface area contributed by atoms with Crippen LogP contribution in [0.4, 0.5) is 5.69 Å². The highest BCUT2D eigenvalue weighted by molar-refractivity contribution is 5.97. The lowest BCUT2D eigenvalue weighted by Crippen LogP contribution is -2.40. The van der Waals surface area contributed by atoms with Crippen LogP contribution in [0.1, 0.15) is 57.8 Å². The average Bonchev–Trinajstić information content (AvgIpc) is 3.20. The standard InChI is InChI=1S/C19H22N2O3/c20-13-18(8-4-5-9-18)17(22)21-14-6-7-15-16(12-14)24-19(23-15)10-2-1-3-11-19/h6-7,12H,1-5,8-11H2,(H,21,22). The van der Waals surface area contributed by atoms with Crippen molar-refractivity contribution in [2.45, 2.75) is 63.6 Å². The summed E-state index contributed by atoms with van der Waals surface area (Å²) >= 11 is 0. The predicted molar refractivity (Wildman–Crippen MR) is 88.7 cm³/mol. The normalized spacial score (nSPS) is 23.0. The van der Waals surface area contributed by atoms with Crippen molar-refractivity contribution in [3.05, 3.63) is 18.2 Å². The van der Waals surface area contributed by atoms with E-state index in [1.165, 1.54) is 6.42 Å². The Bertz CT molecular complexity index is 695. The van der Waals surface area contributed by atoms with Crippen molar-refractivity contribution >= 4 is 11.6 Å². The second-order valence-electron chi connectivity index (χ2n) is 7.19. The quantitative estimate of drug-likeness (QED) is 0.886. The zero-order chi connectivity index (χ0) is 16.6. The van der Waals surface area contributed by atoms with Gasteiger partial charge in [-0.3, -0.25) is 4.79 Å². The number of ether oxygens (including phenoxy) is 2. The van der Waals surface area contributed by atoms with E-state index in [1.54, 1.807) is 0 Å². The molecule has 1 spiro atoms. The first kappa shape index (κ1) is 15.3. The molecule has 4 rings (SSSR count). The monoisotopic (exact) mass is 326 g/mol. The number of fused-ring (bicyclic) bond motifs is 1. The van der Waals surface area contributed by atoms with Gasteiger partial charge in [-0.2, -0.15) is 5.26 Å². The molecule has 0 saturated heterocycles. The van der Waals surface area contributed by atoms with Crippen molar-refractivity contribution in [1.82, 2.24) is 0 Å². The number of benzene rings is 1. The first-order chi connectivity index (χ1) is 11.6. The lowest BCUT2D eigenvalue weighted by molar-refractivity contribution is -0.122. The third kappa shape index (κ3) is 2.50. The number of carbonyl (C=O) groups excluding carboxylic acids is 1. The molecule has 0 radical (unpaired) electrons. The lowest BCUT2D eigenvalue weighted by Gasteiger charge is -2.31. The molecule has 0 atom stereocenters. The molecular weight excluding hydrogens is 304 g/mol. The third-order valence-electron chi connectivity index (χ3n) is 5.51. The first-order valence-electron chi connectivity index (χ1n) is 8.90. The molecule has 5 heteroatoms. The van der Waals surface area contributed by atoms with E-state index in [2.05, 4.69) is 11.4 Å². The molecule has 1 aliphatic heterocycles. The fourth-order valence-corrected chi connectivity index (χ4v) is 4.09. The first-order valence-corrected chi connectivity index (χ1v) is 8.90. The molecule has 3 aliphatic rings. The topological polar surface area (TPSA) is 71.4 Å². The van der Waals surface area contributed by atoms with E-state index in [-0.39, 0.29) is 5.91 Å². The number of hydrogen-bond donors (Lipinski definition) is 1. The van der Waals surface area contributed by atoms with Crippen LogP contribution >= 0.6 is 0 Å². The highest BCUT2D eigenvalue weighted by Crippen LogP contribution is 2.46. The molecule has 24 heavy (non-hydrogen) atoms. The summed E-state index contributed by atoms with van der Waals surface area (Å²) in [6, 6.07) is 7.72. The lowest BCUT2D eigenvalue weighted by atomic mass is 9.87. The molecule has 5 nitrogen and oxygen atoms in total. The van der Waals surface area contributed by atoms with Crippen LogP contribution in [0.2, 0.25) is 0 Å². The Hall–Kier alpha value is -2.22. The second-order valence-corrected chi connectivity index (χ2v) is 7.19. The van der Waals surface area contributed by atoms with Crippen molar-refractivity contribution in [3.8, 4) is 17.6 Å². The molecule has 2 fully saturated rings. The number of amides is 1. The molecule has 1 aromatic carbocycles. The van der Waals surface area contributed by atoms with Gasteiger partial charge in [-0.1, -0.05) is 19.3 Å². The summed E-state index contributed by atoms with van der Waals surface area (Å²) in [5.41, 5.74) is -0.210. The molecule has 2 saturated carbocycles. The van der Waals surface area contributed by atoms with E-state index in [9.17, 15) is 10.1 Å². The van der Waals surface area contributed by atoms with E-state index in [0.717, 1.165) is 44.3 Å². The van der Waals surface area contributed by atoms with Gasteiger partial charge in [-0.25, -0.2) is 0 Å². The van der Waals surface area contributed by atoms with Gasteiger partial charge in [0.2, 0.25) is 5.91 Å². The molecular formula is C19H22N2O3. The maximum atomic E-state index is 12.6. The van der Waals surface area contributed by atoms with Gasteiger partial charge in [0.25, 0.3) is 5.79 Å². The summed E-state index contributed by atoms with van der Waals surface area (Å²) in [5.74, 6) is 0.717. The summed E-state index contributed by atoms with van der Waals surface area (Å²) in [6.07, 6.45) is 8.41. The van der Waals surface area contributed by atoms with Crippen LogP contribution in [-0.2, 0) is 4.79 Å². The number of rotatable bonds is 2. The van der Waals surface area contributed by atoms with Crippen LogP contribution in [0.15, 0.2) is 18.2 Å². The van der Waals surface area contributed by atoms with Crippen molar-refractivity contribution in [2.24, 2.45) is 5.41 Å². The maximum Gasteiger partial charge on any atom is 0.251 e. The number of nitrogens with zero attached hydrogens (tertiary/aromatic N) is 1. The number of anilines is 1. The van der Waals surface area contributed by atoms with Gasteiger partial charge in [0.15, 0.2) is 11.5 Å². The molecule has 1 amide bonds. The average molecular weight is 326 g/mol. The second kappa shape index (κ2) is 5.70. The Balaban J connectivity index is 1.50. The Morgan fingerprint density at radius 3 is 2.38 bits per heavy atom. The third-order valence-corrected chi connectivity index (χ3v) is 5.51. The van der Waals surface area contributed by atoms with E-state index >= 15 is 0 Å². The number of carbonyl (C=O) groups is 1. The number of hydrogen-bond acceptors (Lipinski definition) is 4. The Kier molecular flexibility index (Phi) is 3.64. The van der Waals surface area contributed by atoms with Crippen molar-refractivity contribution in [3.63, 3.8) is 0 Å². The van der Waals surface area contributed by atoms with Gasteiger partial charge in [0.1, 0.15) is 5.41 Å². The van der Waals surface area contributed by atoms with Crippen LogP contribution in [0, 0.1) is 16.7 Å². The molecule has 126 valence electrons. The van der Waals surface area contributed by atoms with Gasteiger partial charge in [0.05, 0.1) is 6.07 Å². The van der Waals surface area contributed by atoms with Crippen LogP contribution in [0.3, 0.4) is 0 Å². The van der Waals surface area contributed by atoms with Gasteiger partial charge in [0, 0.05) is 24.6 Å². The van der Waals surface area contributed by atoms with Gasteiger partial charge < -0.3 is 14.8 Å². The largest absolute Gasteiger partial charge is 0.448 e. The van der Waals surface area contributed by atoms with Crippen molar-refractivity contribution < 1.29 is 14.3 Å². The minimum atomic E-state index is -0.874. The fourth-order valence-electron chi connectivity index (χ4n) is 4.09. The predicted octanol–water partition coefficient (Wildman–Crippen LogP) is 4.14. The SMILES string of the molecule is N#CC1(C(=O)Nc2ccc3c(c2)OC2(CCCCC2)O3)CCCC1. The minimum absolute atomic E-state index is 0.200. The highest BCUT2D eigenvalue weighted by atomic mass is 16.7. The summed E-state index contributed by atoms with van der Waals surface area (Å²) in [5, 5.41) is 12.3. The Morgan fingerprint density at radius 1 is 1.00 bits per heavy atom. The Morgan fingerprint density at radius 2 is 1.67 bits per heavy atom. The molecule has 1 heterocycles. The van der Waals surface area contributed by atoms with Crippen LogP contribution in [0.5, 0.6) is 11.5 Å². The van der Waals surface area contributed by atoms with E-state index in [0.29, 0.717) is 24.3 Å². The molecule has 1 aromatic rings. The van der Waals surface area contributed by atoms with Gasteiger partial charge in [-0.05, 0) is 37.8 Å². The van der Waals surface area contributed by atoms with Crippen molar-refractivity contribution in [2.75, 3.05) is 5.32 Å². The smallest absolute Gasteiger partial charge is 0.251 e. The number of nitriles is 1. The summed E-state index contributed by atoms with van der Waals surface area (Å²) < 4.78 is 12.1. The molecule has 0 unspecified atom stereocenters. The van der Waals surface area contributed by atoms with Crippen molar-refractivity contribution in [1.29, 1.82) is 5.26 Å². The summed E-state index contributed by atoms with van der Waals surface area (Å²) in [4.78, 5) is 12.6.